The average molecular weight is 528 g/mol. The number of hydrogen-bond acceptors (Lipinski definition) is 1. The molecular formula is C40H33N. The van der Waals surface area contributed by atoms with E-state index in [0.29, 0.717) is 0 Å². The van der Waals surface area contributed by atoms with Crippen LogP contribution in [0.25, 0.3) is 33.0 Å². The minimum absolute atomic E-state index is 0.113. The van der Waals surface area contributed by atoms with Crippen molar-refractivity contribution in [2.45, 2.75) is 38.5 Å². The van der Waals surface area contributed by atoms with Crippen LogP contribution < -0.4 is 4.90 Å². The average Bonchev–Trinajstić information content (AvgIpc) is 3.39. The first-order valence-corrected chi connectivity index (χ1v) is 14.6. The summed E-state index contributed by atoms with van der Waals surface area (Å²) in [5.74, 6) is 0. The van der Waals surface area contributed by atoms with Gasteiger partial charge in [0.2, 0.25) is 0 Å². The van der Waals surface area contributed by atoms with Crippen molar-refractivity contribution >= 4 is 27.8 Å². The Morgan fingerprint density at radius 1 is 0.463 bits per heavy atom. The van der Waals surface area contributed by atoms with Gasteiger partial charge in [-0.1, -0.05) is 131 Å². The highest BCUT2D eigenvalue weighted by atomic mass is 15.1. The van der Waals surface area contributed by atoms with E-state index < -0.39 is 0 Å². The maximum absolute atomic E-state index is 2.54. The maximum Gasteiger partial charge on any atom is 0.0549 e. The van der Waals surface area contributed by atoms with Crippen LogP contribution in [0.1, 0.15) is 49.9 Å². The minimum atomic E-state index is -0.132. The van der Waals surface area contributed by atoms with Crippen molar-refractivity contribution in [2.24, 2.45) is 0 Å². The molecule has 41 heavy (non-hydrogen) atoms. The molecule has 2 aliphatic rings. The highest BCUT2D eigenvalue weighted by molar-refractivity contribution is 6.06. The Labute approximate surface area is 242 Å². The normalized spacial score (nSPS) is 15.2. The molecule has 0 unspecified atom stereocenters. The summed E-state index contributed by atoms with van der Waals surface area (Å²) in [7, 11) is 0. The van der Waals surface area contributed by atoms with Gasteiger partial charge in [0, 0.05) is 22.1 Å². The predicted molar refractivity (Wildman–Crippen MR) is 174 cm³/mol. The zero-order valence-electron chi connectivity index (χ0n) is 24.1. The van der Waals surface area contributed by atoms with Crippen molar-refractivity contribution < 1.29 is 0 Å². The molecule has 198 valence electrons. The van der Waals surface area contributed by atoms with Crippen LogP contribution in [0, 0.1) is 0 Å². The molecule has 0 fully saturated rings. The van der Waals surface area contributed by atoms with E-state index in [2.05, 4.69) is 160 Å². The van der Waals surface area contributed by atoms with E-state index in [1.807, 2.05) is 0 Å². The van der Waals surface area contributed by atoms with E-state index in [9.17, 15) is 0 Å². The molecule has 6 aromatic carbocycles. The minimum Gasteiger partial charge on any atom is -0.310 e. The zero-order chi connectivity index (χ0) is 27.9. The van der Waals surface area contributed by atoms with Crippen LogP contribution >= 0.6 is 0 Å². The molecule has 0 heterocycles. The van der Waals surface area contributed by atoms with Crippen molar-refractivity contribution in [3.63, 3.8) is 0 Å². The Kier molecular flexibility index (Phi) is 4.98. The van der Waals surface area contributed by atoms with Crippen LogP contribution in [0.3, 0.4) is 0 Å². The lowest BCUT2D eigenvalue weighted by Crippen LogP contribution is -2.21. The number of nitrogens with zero attached hydrogens (tertiary/aromatic N) is 1. The Balaban J connectivity index is 1.51. The fraction of sp³-hybridized carbons (Fsp3) is 0.150. The highest BCUT2D eigenvalue weighted by Crippen LogP contribution is 2.59. The molecule has 1 heteroatoms. The van der Waals surface area contributed by atoms with Crippen LogP contribution in [-0.2, 0) is 10.8 Å². The Morgan fingerprint density at radius 2 is 1.05 bits per heavy atom. The second kappa shape index (κ2) is 8.44. The van der Waals surface area contributed by atoms with Crippen LogP contribution in [0.15, 0.2) is 127 Å². The second-order valence-corrected chi connectivity index (χ2v) is 12.6. The van der Waals surface area contributed by atoms with Crippen molar-refractivity contribution in [3.05, 3.63) is 150 Å². The Morgan fingerprint density at radius 3 is 1.83 bits per heavy atom. The van der Waals surface area contributed by atoms with Gasteiger partial charge in [-0.05, 0) is 74.0 Å². The second-order valence-electron chi connectivity index (χ2n) is 12.6. The van der Waals surface area contributed by atoms with Crippen LogP contribution in [0.5, 0.6) is 0 Å². The molecule has 0 atom stereocenters. The van der Waals surface area contributed by atoms with Crippen LogP contribution in [-0.4, -0.2) is 0 Å². The third-order valence-electron chi connectivity index (χ3n) is 9.58. The van der Waals surface area contributed by atoms with Crippen molar-refractivity contribution in [1.82, 2.24) is 0 Å². The van der Waals surface area contributed by atoms with E-state index in [1.54, 1.807) is 0 Å². The van der Waals surface area contributed by atoms with Gasteiger partial charge in [0.15, 0.2) is 0 Å². The summed E-state index contributed by atoms with van der Waals surface area (Å²) in [6, 6.07) is 47.1. The first-order chi connectivity index (χ1) is 19.9. The lowest BCUT2D eigenvalue weighted by Gasteiger charge is -2.34. The van der Waals surface area contributed by atoms with Gasteiger partial charge in [-0.15, -0.1) is 0 Å². The zero-order valence-corrected chi connectivity index (χ0v) is 24.1. The number of fused-ring (bicyclic) bond motifs is 8. The van der Waals surface area contributed by atoms with E-state index >= 15 is 0 Å². The smallest absolute Gasteiger partial charge is 0.0549 e. The van der Waals surface area contributed by atoms with Crippen molar-refractivity contribution in [3.8, 4) is 22.3 Å². The molecule has 8 rings (SSSR count). The van der Waals surface area contributed by atoms with E-state index in [0.717, 1.165) is 0 Å². The lowest BCUT2D eigenvalue weighted by atomic mass is 9.79. The van der Waals surface area contributed by atoms with Gasteiger partial charge in [0.1, 0.15) is 0 Å². The molecule has 0 spiro atoms. The third-order valence-corrected chi connectivity index (χ3v) is 9.58. The molecule has 0 aliphatic heterocycles. The van der Waals surface area contributed by atoms with E-state index in [-0.39, 0.29) is 10.8 Å². The largest absolute Gasteiger partial charge is 0.310 e. The summed E-state index contributed by atoms with van der Waals surface area (Å²) in [4.78, 5) is 2.54. The molecule has 0 bridgehead atoms. The number of hydrogen-bond donors (Lipinski definition) is 0. The molecule has 0 saturated carbocycles. The first-order valence-electron chi connectivity index (χ1n) is 14.6. The van der Waals surface area contributed by atoms with E-state index in [1.165, 1.54) is 72.3 Å². The quantitative estimate of drug-likeness (QED) is 0.221. The summed E-state index contributed by atoms with van der Waals surface area (Å²) < 4.78 is 0. The van der Waals surface area contributed by atoms with Gasteiger partial charge in [-0.3, -0.25) is 0 Å². The molecular weight excluding hydrogens is 494 g/mol. The summed E-state index contributed by atoms with van der Waals surface area (Å²) >= 11 is 0. The highest BCUT2D eigenvalue weighted by Gasteiger charge is 2.42. The molecule has 0 saturated heterocycles. The third kappa shape index (κ3) is 3.24. The Hall–Kier alpha value is -4.62. The van der Waals surface area contributed by atoms with Crippen molar-refractivity contribution in [2.75, 3.05) is 4.90 Å². The summed E-state index contributed by atoms with van der Waals surface area (Å²) in [5, 5.41) is 2.62. The van der Waals surface area contributed by atoms with Crippen LogP contribution in [0.2, 0.25) is 0 Å². The van der Waals surface area contributed by atoms with Gasteiger partial charge in [0.25, 0.3) is 0 Å². The monoisotopic (exact) mass is 527 g/mol. The van der Waals surface area contributed by atoms with Crippen LogP contribution in [0.4, 0.5) is 17.1 Å². The summed E-state index contributed by atoms with van der Waals surface area (Å²) in [5.41, 5.74) is 14.4. The van der Waals surface area contributed by atoms with Gasteiger partial charge in [0.05, 0.1) is 11.4 Å². The van der Waals surface area contributed by atoms with Gasteiger partial charge >= 0.3 is 0 Å². The first kappa shape index (κ1) is 24.2. The number of rotatable bonds is 3. The number of benzene rings is 6. The molecule has 0 amide bonds. The fourth-order valence-corrected chi connectivity index (χ4v) is 7.80. The predicted octanol–water partition coefficient (Wildman–Crippen LogP) is 10.9. The van der Waals surface area contributed by atoms with Gasteiger partial charge in [-0.25, -0.2) is 0 Å². The van der Waals surface area contributed by atoms with Crippen molar-refractivity contribution in [1.29, 1.82) is 0 Å². The molecule has 6 aromatic rings. The number of para-hydroxylation sites is 1. The summed E-state index contributed by atoms with van der Waals surface area (Å²) in [6.07, 6.45) is 0. The Bertz CT molecular complexity index is 1990. The molecule has 2 aliphatic carbocycles. The molecule has 0 aromatic heterocycles. The summed E-state index contributed by atoms with van der Waals surface area (Å²) in [6.45, 7) is 9.54. The molecule has 0 N–H and O–H groups in total. The van der Waals surface area contributed by atoms with E-state index in [4.69, 9.17) is 0 Å². The molecule has 0 radical (unpaired) electrons. The maximum atomic E-state index is 2.54. The molecule has 1 nitrogen and oxygen atoms in total. The van der Waals surface area contributed by atoms with Gasteiger partial charge < -0.3 is 4.90 Å². The van der Waals surface area contributed by atoms with Gasteiger partial charge in [-0.2, -0.15) is 0 Å². The lowest BCUT2D eigenvalue weighted by molar-refractivity contribution is 0.660. The SMILES string of the molecule is CC1(C)c2ccccc2-c2cccc(N(c3ccccc3)c3cc4ccccc4c4c3-c3ccccc3C4(C)C)c21. The topological polar surface area (TPSA) is 3.24 Å². The standard InChI is InChI=1S/C40H33N/c1-39(2)32-22-12-10-19-29(32)30-21-14-24-34(37(30)39)41(27-16-6-5-7-17-27)35-25-26-15-8-9-18-28(26)38-36(35)31-20-11-13-23-33(31)40(38,3)4/h5-25H,1-4H3. The number of anilines is 3. The fourth-order valence-electron chi connectivity index (χ4n) is 7.80.